The Hall–Kier alpha value is -0.540. The van der Waals surface area contributed by atoms with Crippen molar-refractivity contribution in [1.29, 1.82) is 0 Å². The Morgan fingerprint density at radius 2 is 2.29 bits per heavy atom. The fourth-order valence-corrected chi connectivity index (χ4v) is 2.37. The second kappa shape index (κ2) is 3.91. The molecule has 0 radical (unpaired) electrons. The van der Waals surface area contributed by atoms with Crippen LogP contribution in [0.4, 0.5) is 0 Å². The normalized spacial score (nSPS) is 25.6. The summed E-state index contributed by atoms with van der Waals surface area (Å²) < 4.78 is 5.15. The molecule has 1 aromatic rings. The highest BCUT2D eigenvalue weighted by Crippen LogP contribution is 2.35. The van der Waals surface area contributed by atoms with Crippen molar-refractivity contribution in [2.24, 2.45) is 0 Å². The van der Waals surface area contributed by atoms with Gasteiger partial charge in [-0.05, 0) is 36.1 Å². The van der Waals surface area contributed by atoms with Gasteiger partial charge in [-0.3, -0.25) is 0 Å². The summed E-state index contributed by atoms with van der Waals surface area (Å²) in [5.41, 5.74) is 2.23. The summed E-state index contributed by atoms with van der Waals surface area (Å²) in [6.07, 6.45) is 1.59. The smallest absolute Gasteiger partial charge is 0.119 e. The molecule has 0 spiro atoms. The largest absolute Gasteiger partial charge is 0.497 e. The third-order valence-electron chi connectivity index (χ3n) is 2.70. The Balaban J connectivity index is 2.38. The van der Waals surface area contributed by atoms with E-state index in [9.17, 15) is 5.11 Å². The van der Waals surface area contributed by atoms with Crippen LogP contribution < -0.4 is 4.74 Å². The summed E-state index contributed by atoms with van der Waals surface area (Å²) in [5.74, 6) is 0.865. The van der Waals surface area contributed by atoms with Crippen LogP contribution in [-0.4, -0.2) is 17.0 Å². The second-order valence-electron chi connectivity index (χ2n) is 3.56. The van der Waals surface area contributed by atoms with Gasteiger partial charge in [0.25, 0.3) is 0 Å². The Bertz CT molecular complexity index is 338. The first-order chi connectivity index (χ1) is 6.72. The number of methoxy groups -OCH3 is 1. The lowest BCUT2D eigenvalue weighted by molar-refractivity contribution is 0.165. The molecular formula is C11H13BrO2. The third kappa shape index (κ3) is 1.66. The van der Waals surface area contributed by atoms with Crippen LogP contribution >= 0.6 is 15.9 Å². The topological polar surface area (TPSA) is 29.5 Å². The molecule has 0 aliphatic heterocycles. The van der Waals surface area contributed by atoms with E-state index in [2.05, 4.69) is 15.9 Å². The lowest BCUT2D eigenvalue weighted by atomic mass is 9.89. The van der Waals surface area contributed by atoms with E-state index in [0.29, 0.717) is 0 Å². The molecule has 0 aromatic heterocycles. The van der Waals surface area contributed by atoms with Gasteiger partial charge in [-0.15, -0.1) is 0 Å². The van der Waals surface area contributed by atoms with Crippen LogP contribution in [0.2, 0.25) is 0 Å². The molecule has 1 aliphatic rings. The molecule has 0 bridgehead atoms. The molecule has 0 amide bonds. The van der Waals surface area contributed by atoms with E-state index in [1.165, 1.54) is 5.56 Å². The molecule has 1 aromatic carbocycles. The highest BCUT2D eigenvalue weighted by molar-refractivity contribution is 9.09. The SMILES string of the molecule is COc1ccc2c(c1)CC[C@@H](Br)[C@@H]2O. The fourth-order valence-electron chi connectivity index (χ4n) is 1.86. The maximum absolute atomic E-state index is 9.91. The van der Waals surface area contributed by atoms with Crippen molar-refractivity contribution in [1.82, 2.24) is 0 Å². The molecule has 2 rings (SSSR count). The van der Waals surface area contributed by atoms with Gasteiger partial charge in [0.2, 0.25) is 0 Å². The Morgan fingerprint density at radius 1 is 1.50 bits per heavy atom. The average molecular weight is 257 g/mol. The number of aliphatic hydroxyl groups excluding tert-OH is 1. The Morgan fingerprint density at radius 3 is 3.00 bits per heavy atom. The van der Waals surface area contributed by atoms with Gasteiger partial charge < -0.3 is 9.84 Å². The number of hydrogen-bond donors (Lipinski definition) is 1. The molecule has 0 fully saturated rings. The predicted octanol–water partition coefficient (Wildman–Crippen LogP) is 2.44. The van der Waals surface area contributed by atoms with Gasteiger partial charge in [0.15, 0.2) is 0 Å². The number of halogens is 1. The van der Waals surface area contributed by atoms with E-state index < -0.39 is 0 Å². The first-order valence-corrected chi connectivity index (χ1v) is 5.63. The van der Waals surface area contributed by atoms with Gasteiger partial charge >= 0.3 is 0 Å². The maximum Gasteiger partial charge on any atom is 0.119 e. The fraction of sp³-hybridized carbons (Fsp3) is 0.455. The number of fused-ring (bicyclic) bond motifs is 1. The van der Waals surface area contributed by atoms with E-state index in [4.69, 9.17) is 4.74 Å². The zero-order valence-electron chi connectivity index (χ0n) is 8.03. The van der Waals surface area contributed by atoms with Gasteiger partial charge in [-0.1, -0.05) is 22.0 Å². The van der Waals surface area contributed by atoms with E-state index >= 15 is 0 Å². The number of hydrogen-bond acceptors (Lipinski definition) is 2. The minimum Gasteiger partial charge on any atom is -0.497 e. The van der Waals surface area contributed by atoms with Crippen LogP contribution in [0.25, 0.3) is 0 Å². The Kier molecular flexibility index (Phi) is 2.79. The van der Waals surface area contributed by atoms with Crippen molar-refractivity contribution < 1.29 is 9.84 Å². The molecule has 0 saturated carbocycles. The molecule has 0 saturated heterocycles. The number of aryl methyl sites for hydroxylation is 1. The van der Waals surface area contributed by atoms with Crippen molar-refractivity contribution in [3.63, 3.8) is 0 Å². The van der Waals surface area contributed by atoms with Crippen molar-refractivity contribution in [3.05, 3.63) is 29.3 Å². The van der Waals surface area contributed by atoms with Crippen LogP contribution in [0.15, 0.2) is 18.2 Å². The zero-order chi connectivity index (χ0) is 10.1. The van der Waals surface area contributed by atoms with Crippen molar-refractivity contribution in [3.8, 4) is 5.75 Å². The first-order valence-electron chi connectivity index (χ1n) is 4.71. The van der Waals surface area contributed by atoms with Gasteiger partial charge in [-0.2, -0.15) is 0 Å². The third-order valence-corrected chi connectivity index (χ3v) is 3.66. The van der Waals surface area contributed by atoms with E-state index in [-0.39, 0.29) is 10.9 Å². The monoisotopic (exact) mass is 256 g/mol. The van der Waals surface area contributed by atoms with E-state index in [1.54, 1.807) is 7.11 Å². The lowest BCUT2D eigenvalue weighted by Gasteiger charge is -2.26. The molecule has 0 unspecified atom stereocenters. The molecule has 2 nitrogen and oxygen atoms in total. The minimum atomic E-state index is -0.385. The van der Waals surface area contributed by atoms with Gasteiger partial charge in [0, 0.05) is 4.83 Å². The maximum atomic E-state index is 9.91. The minimum absolute atomic E-state index is 0.184. The summed E-state index contributed by atoms with van der Waals surface area (Å²) in [5, 5.41) is 9.91. The zero-order valence-corrected chi connectivity index (χ0v) is 9.62. The van der Waals surface area contributed by atoms with Gasteiger partial charge in [-0.25, -0.2) is 0 Å². The summed E-state index contributed by atoms with van der Waals surface area (Å²) in [6, 6.07) is 5.86. The summed E-state index contributed by atoms with van der Waals surface area (Å²) in [7, 11) is 1.66. The molecule has 2 atom stereocenters. The standard InChI is InChI=1S/C11H13BrO2/c1-14-8-3-4-9-7(6-8)2-5-10(12)11(9)13/h3-4,6,10-11,13H,2,5H2,1H3/t10-,11-/m1/s1. The van der Waals surface area contributed by atoms with E-state index in [0.717, 1.165) is 24.2 Å². The van der Waals surface area contributed by atoms with Crippen molar-refractivity contribution in [2.75, 3.05) is 7.11 Å². The lowest BCUT2D eigenvalue weighted by Crippen LogP contribution is -2.20. The van der Waals surface area contributed by atoms with Crippen LogP contribution in [0.3, 0.4) is 0 Å². The van der Waals surface area contributed by atoms with Crippen LogP contribution in [0, 0.1) is 0 Å². The van der Waals surface area contributed by atoms with Gasteiger partial charge in [0.1, 0.15) is 5.75 Å². The van der Waals surface area contributed by atoms with E-state index in [1.807, 2.05) is 18.2 Å². The molecule has 1 N–H and O–H groups in total. The Labute approximate surface area is 92.0 Å². The van der Waals surface area contributed by atoms with Crippen LogP contribution in [0.1, 0.15) is 23.7 Å². The van der Waals surface area contributed by atoms with Crippen molar-refractivity contribution in [2.45, 2.75) is 23.8 Å². The number of benzene rings is 1. The summed E-state index contributed by atoms with van der Waals surface area (Å²) >= 11 is 3.48. The molecule has 0 heterocycles. The second-order valence-corrected chi connectivity index (χ2v) is 4.74. The first kappa shape index (κ1) is 9.99. The average Bonchev–Trinajstić information content (AvgIpc) is 2.23. The summed E-state index contributed by atoms with van der Waals surface area (Å²) in [4.78, 5) is 0.184. The van der Waals surface area contributed by atoms with Crippen LogP contribution in [-0.2, 0) is 6.42 Å². The number of alkyl halides is 1. The predicted molar refractivity (Wildman–Crippen MR) is 59.0 cm³/mol. The van der Waals surface area contributed by atoms with Crippen molar-refractivity contribution >= 4 is 15.9 Å². The molecule has 1 aliphatic carbocycles. The van der Waals surface area contributed by atoms with Gasteiger partial charge in [0.05, 0.1) is 13.2 Å². The van der Waals surface area contributed by atoms with Crippen LogP contribution in [0.5, 0.6) is 5.75 Å². The highest BCUT2D eigenvalue weighted by atomic mass is 79.9. The number of rotatable bonds is 1. The molecule has 76 valence electrons. The molecule has 3 heteroatoms. The molecular weight excluding hydrogens is 244 g/mol. The highest BCUT2D eigenvalue weighted by Gasteiger charge is 2.25. The number of aliphatic hydroxyl groups is 1. The summed E-state index contributed by atoms with van der Waals surface area (Å²) in [6.45, 7) is 0. The molecule has 14 heavy (non-hydrogen) atoms. The quantitative estimate of drug-likeness (QED) is 0.783. The number of ether oxygens (including phenoxy) is 1.